The molecule has 0 aliphatic rings. The lowest BCUT2D eigenvalue weighted by Gasteiger charge is -2.09. The van der Waals surface area contributed by atoms with E-state index in [1.165, 1.54) is 12.0 Å². The molecule has 1 atom stereocenters. The standard InChI is InChI=1S/C15H23NO2/c1-3-12(2)11-13-5-7-14(8-6-13)15(18)16-9-4-10-17/h5-8,12,17H,3-4,9-11H2,1-2H3,(H,16,18). The lowest BCUT2D eigenvalue weighted by atomic mass is 9.98. The molecule has 3 heteroatoms. The van der Waals surface area contributed by atoms with Crippen LogP contribution in [0.25, 0.3) is 0 Å². The van der Waals surface area contributed by atoms with E-state index >= 15 is 0 Å². The molecule has 100 valence electrons. The molecule has 0 aliphatic heterocycles. The van der Waals surface area contributed by atoms with Crippen LogP contribution in [0.1, 0.15) is 42.6 Å². The molecule has 0 saturated heterocycles. The molecule has 1 aromatic carbocycles. The van der Waals surface area contributed by atoms with Gasteiger partial charge in [-0.3, -0.25) is 4.79 Å². The van der Waals surface area contributed by atoms with Crippen LogP contribution in [0.5, 0.6) is 0 Å². The summed E-state index contributed by atoms with van der Waals surface area (Å²) >= 11 is 0. The molecule has 0 radical (unpaired) electrons. The Kier molecular flexibility index (Phi) is 6.44. The van der Waals surface area contributed by atoms with E-state index in [0.29, 0.717) is 24.4 Å². The van der Waals surface area contributed by atoms with Crippen molar-refractivity contribution < 1.29 is 9.90 Å². The summed E-state index contributed by atoms with van der Waals surface area (Å²) in [5, 5.41) is 11.4. The zero-order valence-corrected chi connectivity index (χ0v) is 11.3. The summed E-state index contributed by atoms with van der Waals surface area (Å²) < 4.78 is 0. The van der Waals surface area contributed by atoms with E-state index in [1.807, 2.05) is 24.3 Å². The van der Waals surface area contributed by atoms with Gasteiger partial charge in [-0.05, 0) is 36.5 Å². The Morgan fingerprint density at radius 1 is 1.33 bits per heavy atom. The molecule has 0 spiro atoms. The Balaban J connectivity index is 2.51. The van der Waals surface area contributed by atoms with Gasteiger partial charge >= 0.3 is 0 Å². The molecule has 18 heavy (non-hydrogen) atoms. The van der Waals surface area contributed by atoms with Crippen molar-refractivity contribution in [3.63, 3.8) is 0 Å². The first-order chi connectivity index (χ1) is 8.67. The second-order valence-electron chi connectivity index (χ2n) is 4.75. The van der Waals surface area contributed by atoms with Gasteiger partial charge in [0, 0.05) is 18.7 Å². The molecule has 0 aliphatic carbocycles. The van der Waals surface area contributed by atoms with Crippen molar-refractivity contribution in [2.45, 2.75) is 33.1 Å². The van der Waals surface area contributed by atoms with Crippen molar-refractivity contribution in [2.75, 3.05) is 13.2 Å². The van der Waals surface area contributed by atoms with Crippen LogP contribution in [0.3, 0.4) is 0 Å². The number of benzene rings is 1. The highest BCUT2D eigenvalue weighted by Crippen LogP contribution is 2.12. The number of carbonyl (C=O) groups excluding carboxylic acids is 1. The molecular formula is C15H23NO2. The smallest absolute Gasteiger partial charge is 0.251 e. The largest absolute Gasteiger partial charge is 0.396 e. The van der Waals surface area contributed by atoms with Gasteiger partial charge in [0.05, 0.1) is 0 Å². The quantitative estimate of drug-likeness (QED) is 0.729. The maximum absolute atomic E-state index is 11.7. The van der Waals surface area contributed by atoms with E-state index in [2.05, 4.69) is 19.2 Å². The number of hydrogen-bond acceptors (Lipinski definition) is 2. The summed E-state index contributed by atoms with van der Waals surface area (Å²) in [6, 6.07) is 7.78. The fraction of sp³-hybridized carbons (Fsp3) is 0.533. The Labute approximate surface area is 109 Å². The van der Waals surface area contributed by atoms with Crippen molar-refractivity contribution in [1.29, 1.82) is 0 Å². The highest BCUT2D eigenvalue weighted by Gasteiger charge is 2.05. The predicted octanol–water partition coefficient (Wildman–Crippen LogP) is 2.39. The van der Waals surface area contributed by atoms with Crippen LogP contribution in [0.4, 0.5) is 0 Å². The fourth-order valence-electron chi connectivity index (χ4n) is 1.72. The van der Waals surface area contributed by atoms with Crippen LogP contribution in [-0.2, 0) is 6.42 Å². The highest BCUT2D eigenvalue weighted by atomic mass is 16.3. The molecule has 1 rings (SSSR count). The van der Waals surface area contributed by atoms with E-state index in [4.69, 9.17) is 5.11 Å². The maximum atomic E-state index is 11.7. The van der Waals surface area contributed by atoms with E-state index in [9.17, 15) is 4.79 Å². The van der Waals surface area contributed by atoms with Crippen LogP contribution in [0.2, 0.25) is 0 Å². The molecule has 0 aromatic heterocycles. The molecular weight excluding hydrogens is 226 g/mol. The van der Waals surface area contributed by atoms with E-state index < -0.39 is 0 Å². The van der Waals surface area contributed by atoms with Crippen molar-refractivity contribution in [3.05, 3.63) is 35.4 Å². The van der Waals surface area contributed by atoms with Gasteiger partial charge in [-0.2, -0.15) is 0 Å². The summed E-state index contributed by atoms with van der Waals surface area (Å²) in [6.07, 6.45) is 2.82. The summed E-state index contributed by atoms with van der Waals surface area (Å²) in [4.78, 5) is 11.7. The molecule has 1 unspecified atom stereocenters. The maximum Gasteiger partial charge on any atom is 0.251 e. The van der Waals surface area contributed by atoms with Gasteiger partial charge in [0.2, 0.25) is 0 Å². The first-order valence-corrected chi connectivity index (χ1v) is 6.65. The van der Waals surface area contributed by atoms with Gasteiger partial charge in [-0.15, -0.1) is 0 Å². The van der Waals surface area contributed by atoms with Crippen LogP contribution < -0.4 is 5.32 Å². The molecule has 0 saturated carbocycles. The highest BCUT2D eigenvalue weighted by molar-refractivity contribution is 5.94. The topological polar surface area (TPSA) is 49.3 Å². The zero-order chi connectivity index (χ0) is 13.4. The number of rotatable bonds is 7. The molecule has 1 amide bonds. The van der Waals surface area contributed by atoms with Crippen LogP contribution in [0.15, 0.2) is 24.3 Å². The van der Waals surface area contributed by atoms with Gasteiger partial charge < -0.3 is 10.4 Å². The average molecular weight is 249 g/mol. The van der Waals surface area contributed by atoms with Crippen molar-refractivity contribution >= 4 is 5.91 Å². The van der Waals surface area contributed by atoms with Gasteiger partial charge in [0.25, 0.3) is 5.91 Å². The molecule has 1 aromatic rings. The third-order valence-corrected chi connectivity index (χ3v) is 3.12. The minimum absolute atomic E-state index is 0.0708. The third-order valence-electron chi connectivity index (χ3n) is 3.12. The molecule has 0 heterocycles. The monoisotopic (exact) mass is 249 g/mol. The normalized spacial score (nSPS) is 12.2. The lowest BCUT2D eigenvalue weighted by Crippen LogP contribution is -2.24. The summed E-state index contributed by atoms with van der Waals surface area (Å²) in [5.41, 5.74) is 1.96. The third kappa shape index (κ3) is 4.88. The lowest BCUT2D eigenvalue weighted by molar-refractivity contribution is 0.0951. The first-order valence-electron chi connectivity index (χ1n) is 6.65. The number of nitrogens with one attached hydrogen (secondary N) is 1. The van der Waals surface area contributed by atoms with Gasteiger partial charge in [-0.25, -0.2) is 0 Å². The van der Waals surface area contributed by atoms with Gasteiger partial charge in [-0.1, -0.05) is 32.4 Å². The fourth-order valence-corrected chi connectivity index (χ4v) is 1.72. The minimum atomic E-state index is -0.0708. The molecule has 0 fully saturated rings. The number of hydrogen-bond donors (Lipinski definition) is 2. The average Bonchev–Trinajstić information content (AvgIpc) is 2.39. The second-order valence-corrected chi connectivity index (χ2v) is 4.75. The van der Waals surface area contributed by atoms with Gasteiger partial charge in [0.15, 0.2) is 0 Å². The Morgan fingerprint density at radius 2 is 2.00 bits per heavy atom. The summed E-state index contributed by atoms with van der Waals surface area (Å²) in [5.74, 6) is 0.604. The number of aliphatic hydroxyl groups is 1. The van der Waals surface area contributed by atoms with E-state index in [1.54, 1.807) is 0 Å². The summed E-state index contributed by atoms with van der Waals surface area (Å²) in [6.45, 7) is 5.04. The van der Waals surface area contributed by atoms with Crippen LogP contribution >= 0.6 is 0 Å². The Bertz CT molecular complexity index is 359. The van der Waals surface area contributed by atoms with Crippen molar-refractivity contribution in [3.8, 4) is 0 Å². The number of carbonyl (C=O) groups is 1. The number of amides is 1. The summed E-state index contributed by atoms with van der Waals surface area (Å²) in [7, 11) is 0. The van der Waals surface area contributed by atoms with Crippen LogP contribution in [-0.4, -0.2) is 24.2 Å². The SMILES string of the molecule is CCC(C)Cc1ccc(C(=O)NCCCO)cc1. The first kappa shape index (κ1) is 14.7. The Morgan fingerprint density at radius 3 is 2.56 bits per heavy atom. The van der Waals surface area contributed by atoms with Crippen LogP contribution in [0, 0.1) is 5.92 Å². The van der Waals surface area contributed by atoms with Gasteiger partial charge in [0.1, 0.15) is 0 Å². The van der Waals surface area contributed by atoms with E-state index in [0.717, 1.165) is 6.42 Å². The molecule has 0 bridgehead atoms. The van der Waals surface area contributed by atoms with E-state index in [-0.39, 0.29) is 12.5 Å². The Hall–Kier alpha value is -1.35. The predicted molar refractivity (Wildman–Crippen MR) is 73.6 cm³/mol. The minimum Gasteiger partial charge on any atom is -0.396 e. The molecule has 3 nitrogen and oxygen atoms in total. The van der Waals surface area contributed by atoms with Crippen molar-refractivity contribution in [1.82, 2.24) is 5.32 Å². The zero-order valence-electron chi connectivity index (χ0n) is 11.3. The second kappa shape index (κ2) is 7.88. The molecule has 2 N–H and O–H groups in total. The number of aliphatic hydroxyl groups excluding tert-OH is 1. The van der Waals surface area contributed by atoms with Crippen molar-refractivity contribution in [2.24, 2.45) is 5.92 Å².